The van der Waals surface area contributed by atoms with Gasteiger partial charge in [-0.15, -0.1) is 0 Å². The van der Waals surface area contributed by atoms with Gasteiger partial charge in [-0.2, -0.15) is 5.10 Å². The molecule has 106 valence electrons. The van der Waals surface area contributed by atoms with Crippen LogP contribution in [-0.2, 0) is 19.6 Å². The molecule has 2 N–H and O–H groups in total. The molecule has 0 atom stereocenters. The van der Waals surface area contributed by atoms with Crippen LogP contribution in [0.2, 0.25) is 0 Å². The van der Waals surface area contributed by atoms with Crippen molar-refractivity contribution in [3.8, 4) is 11.5 Å². The standard InChI is InChI=1S/C14H17N3O3/c18-4-3-17-9-12(8-16-17)7-15-6-11-1-2-13-14(5-11)20-10-19-13/h1-2,5,8-9,15,18H,3-4,6-7,10H2. The maximum atomic E-state index is 8.83. The highest BCUT2D eigenvalue weighted by Crippen LogP contribution is 2.32. The Bertz CT molecular complexity index is 583. The number of hydrogen-bond acceptors (Lipinski definition) is 5. The Morgan fingerprint density at radius 2 is 2.05 bits per heavy atom. The minimum atomic E-state index is 0.103. The van der Waals surface area contributed by atoms with Crippen molar-refractivity contribution < 1.29 is 14.6 Å². The van der Waals surface area contributed by atoms with Crippen LogP contribution in [0.3, 0.4) is 0 Å². The first-order chi connectivity index (χ1) is 9.85. The number of benzene rings is 1. The van der Waals surface area contributed by atoms with Crippen LogP contribution in [0.25, 0.3) is 0 Å². The Labute approximate surface area is 116 Å². The highest BCUT2D eigenvalue weighted by molar-refractivity contribution is 5.44. The molecule has 1 aliphatic rings. The summed E-state index contributed by atoms with van der Waals surface area (Å²) in [5.74, 6) is 1.61. The molecule has 1 aromatic carbocycles. The van der Waals surface area contributed by atoms with Crippen LogP contribution in [0.5, 0.6) is 11.5 Å². The van der Waals surface area contributed by atoms with Gasteiger partial charge in [-0.1, -0.05) is 6.07 Å². The van der Waals surface area contributed by atoms with E-state index in [1.54, 1.807) is 4.68 Å². The molecule has 0 aliphatic carbocycles. The molecule has 6 nitrogen and oxygen atoms in total. The summed E-state index contributed by atoms with van der Waals surface area (Å²) < 4.78 is 12.4. The molecule has 6 heteroatoms. The smallest absolute Gasteiger partial charge is 0.231 e. The fourth-order valence-electron chi connectivity index (χ4n) is 2.12. The van der Waals surface area contributed by atoms with E-state index in [0.29, 0.717) is 13.3 Å². The van der Waals surface area contributed by atoms with E-state index in [4.69, 9.17) is 14.6 Å². The predicted molar refractivity (Wildman–Crippen MR) is 72.4 cm³/mol. The molecule has 20 heavy (non-hydrogen) atoms. The summed E-state index contributed by atoms with van der Waals surface area (Å²) in [6, 6.07) is 5.94. The normalized spacial score (nSPS) is 12.8. The molecule has 2 aromatic rings. The molecule has 1 aliphatic heterocycles. The first kappa shape index (κ1) is 13.0. The monoisotopic (exact) mass is 275 g/mol. The number of aliphatic hydroxyl groups is 1. The summed E-state index contributed by atoms with van der Waals surface area (Å²) in [7, 11) is 0. The molecule has 0 amide bonds. The first-order valence-corrected chi connectivity index (χ1v) is 6.56. The van der Waals surface area contributed by atoms with Crippen LogP contribution < -0.4 is 14.8 Å². The van der Waals surface area contributed by atoms with Crippen molar-refractivity contribution in [1.82, 2.24) is 15.1 Å². The fourth-order valence-corrected chi connectivity index (χ4v) is 2.12. The van der Waals surface area contributed by atoms with Crippen LogP contribution in [0.1, 0.15) is 11.1 Å². The van der Waals surface area contributed by atoms with Crippen molar-refractivity contribution in [2.75, 3.05) is 13.4 Å². The average molecular weight is 275 g/mol. The average Bonchev–Trinajstić information content (AvgIpc) is 3.08. The predicted octanol–water partition coefficient (Wildman–Crippen LogP) is 0.894. The molecule has 0 fully saturated rings. The minimum absolute atomic E-state index is 0.103. The van der Waals surface area contributed by atoms with Gasteiger partial charge in [-0.05, 0) is 17.7 Å². The Hall–Kier alpha value is -2.05. The Morgan fingerprint density at radius 1 is 1.20 bits per heavy atom. The second-order valence-corrected chi connectivity index (χ2v) is 4.63. The second kappa shape index (κ2) is 5.94. The van der Waals surface area contributed by atoms with E-state index < -0.39 is 0 Å². The lowest BCUT2D eigenvalue weighted by Gasteiger charge is -2.04. The molecule has 0 saturated carbocycles. The summed E-state index contributed by atoms with van der Waals surface area (Å²) >= 11 is 0. The van der Waals surface area contributed by atoms with E-state index in [2.05, 4.69) is 10.4 Å². The minimum Gasteiger partial charge on any atom is -0.454 e. The topological polar surface area (TPSA) is 68.5 Å². The molecule has 1 aromatic heterocycles. The summed E-state index contributed by atoms with van der Waals surface area (Å²) in [5.41, 5.74) is 2.25. The van der Waals surface area contributed by atoms with Gasteiger partial charge in [-0.25, -0.2) is 0 Å². The van der Waals surface area contributed by atoms with Gasteiger partial charge in [-0.3, -0.25) is 4.68 Å². The molecule has 3 rings (SSSR count). The van der Waals surface area contributed by atoms with E-state index in [-0.39, 0.29) is 6.61 Å². The molecule has 0 spiro atoms. The number of ether oxygens (including phenoxy) is 2. The van der Waals surface area contributed by atoms with Crippen molar-refractivity contribution in [2.45, 2.75) is 19.6 Å². The summed E-state index contributed by atoms with van der Waals surface area (Å²) in [6.45, 7) is 2.42. The number of aliphatic hydroxyl groups excluding tert-OH is 1. The number of nitrogens with zero attached hydrogens (tertiary/aromatic N) is 2. The third kappa shape index (κ3) is 2.92. The number of nitrogens with one attached hydrogen (secondary N) is 1. The lowest BCUT2D eigenvalue weighted by atomic mass is 10.2. The summed E-state index contributed by atoms with van der Waals surface area (Å²) in [6.07, 6.45) is 3.74. The van der Waals surface area contributed by atoms with Gasteiger partial charge < -0.3 is 19.9 Å². The molecule has 0 radical (unpaired) electrons. The van der Waals surface area contributed by atoms with E-state index in [1.807, 2.05) is 30.6 Å². The van der Waals surface area contributed by atoms with Gasteiger partial charge in [0.1, 0.15) is 0 Å². The second-order valence-electron chi connectivity index (χ2n) is 4.63. The van der Waals surface area contributed by atoms with Crippen molar-refractivity contribution in [3.63, 3.8) is 0 Å². The van der Waals surface area contributed by atoms with Gasteiger partial charge in [0.15, 0.2) is 11.5 Å². The Balaban J connectivity index is 1.51. The third-order valence-corrected chi connectivity index (χ3v) is 3.11. The van der Waals surface area contributed by atoms with Crippen LogP contribution in [0.4, 0.5) is 0 Å². The first-order valence-electron chi connectivity index (χ1n) is 6.56. The highest BCUT2D eigenvalue weighted by atomic mass is 16.7. The van der Waals surface area contributed by atoms with Crippen LogP contribution in [0.15, 0.2) is 30.6 Å². The van der Waals surface area contributed by atoms with Crippen molar-refractivity contribution in [1.29, 1.82) is 0 Å². The molecule has 0 bridgehead atoms. The third-order valence-electron chi connectivity index (χ3n) is 3.11. The zero-order valence-electron chi connectivity index (χ0n) is 11.1. The zero-order valence-corrected chi connectivity index (χ0v) is 11.1. The van der Waals surface area contributed by atoms with Gasteiger partial charge in [0.25, 0.3) is 0 Å². The highest BCUT2D eigenvalue weighted by Gasteiger charge is 2.12. The SMILES string of the molecule is OCCn1cc(CNCc2ccc3c(c2)OCO3)cn1. The molecular formula is C14H17N3O3. The van der Waals surface area contributed by atoms with Gasteiger partial charge in [0.2, 0.25) is 6.79 Å². The number of rotatable bonds is 6. The van der Waals surface area contributed by atoms with Crippen LogP contribution in [-0.4, -0.2) is 28.3 Å². The number of fused-ring (bicyclic) bond motifs is 1. The number of hydrogen-bond donors (Lipinski definition) is 2. The van der Waals surface area contributed by atoms with E-state index in [1.165, 1.54) is 0 Å². The van der Waals surface area contributed by atoms with E-state index in [0.717, 1.165) is 35.7 Å². The maximum Gasteiger partial charge on any atom is 0.231 e. The molecule has 2 heterocycles. The quantitative estimate of drug-likeness (QED) is 0.819. The van der Waals surface area contributed by atoms with Gasteiger partial charge in [0, 0.05) is 24.8 Å². The van der Waals surface area contributed by atoms with Crippen molar-refractivity contribution in [3.05, 3.63) is 41.7 Å². The van der Waals surface area contributed by atoms with Gasteiger partial charge >= 0.3 is 0 Å². The largest absolute Gasteiger partial charge is 0.454 e. The maximum absolute atomic E-state index is 8.83. The lowest BCUT2D eigenvalue weighted by molar-refractivity contribution is 0.174. The van der Waals surface area contributed by atoms with Crippen molar-refractivity contribution in [2.24, 2.45) is 0 Å². The fraction of sp³-hybridized carbons (Fsp3) is 0.357. The van der Waals surface area contributed by atoms with E-state index in [9.17, 15) is 0 Å². The van der Waals surface area contributed by atoms with Crippen LogP contribution >= 0.6 is 0 Å². The Kier molecular flexibility index (Phi) is 3.85. The van der Waals surface area contributed by atoms with Crippen LogP contribution in [0, 0.1) is 0 Å². The molecule has 0 unspecified atom stereocenters. The van der Waals surface area contributed by atoms with Crippen molar-refractivity contribution >= 4 is 0 Å². The summed E-state index contributed by atoms with van der Waals surface area (Å²) in [4.78, 5) is 0. The lowest BCUT2D eigenvalue weighted by Crippen LogP contribution is -2.12. The van der Waals surface area contributed by atoms with E-state index >= 15 is 0 Å². The molecular weight excluding hydrogens is 258 g/mol. The molecule has 0 saturated heterocycles. The zero-order chi connectivity index (χ0) is 13.8. The summed E-state index contributed by atoms with van der Waals surface area (Å²) in [5, 5.41) is 16.3. The van der Waals surface area contributed by atoms with Gasteiger partial charge in [0.05, 0.1) is 19.3 Å². The Morgan fingerprint density at radius 3 is 2.95 bits per heavy atom. The number of aromatic nitrogens is 2.